The van der Waals surface area contributed by atoms with Crippen molar-refractivity contribution in [2.75, 3.05) is 17.2 Å². The summed E-state index contributed by atoms with van der Waals surface area (Å²) >= 11 is 0. The van der Waals surface area contributed by atoms with Crippen LogP contribution in [0, 0.1) is 5.92 Å². The van der Waals surface area contributed by atoms with Crippen molar-refractivity contribution in [2.24, 2.45) is 5.92 Å². The van der Waals surface area contributed by atoms with Crippen LogP contribution < -0.4 is 15.4 Å². The predicted molar refractivity (Wildman–Crippen MR) is 111 cm³/mol. The summed E-state index contributed by atoms with van der Waals surface area (Å²) < 4.78 is 41.5. The van der Waals surface area contributed by atoms with Gasteiger partial charge in [0, 0.05) is 35.8 Å². The maximum atomic E-state index is 12.5. The molecular weight excluding hydrogens is 411 g/mol. The van der Waals surface area contributed by atoms with E-state index in [-0.39, 0.29) is 30.3 Å². The molecule has 7 nitrogen and oxygen atoms in total. The third-order valence-corrected chi connectivity index (χ3v) is 4.34. The van der Waals surface area contributed by atoms with Crippen LogP contribution in [0.15, 0.2) is 54.9 Å². The molecule has 1 atom stereocenters. The molecule has 0 unspecified atom stereocenters. The molecular formula is C21H22F3N5O2. The summed E-state index contributed by atoms with van der Waals surface area (Å²) in [5.41, 5.74) is 1.64. The molecule has 3 N–H and O–H groups in total. The molecule has 0 aliphatic carbocycles. The zero-order valence-electron chi connectivity index (χ0n) is 16.9. The molecule has 0 aliphatic rings. The number of halogens is 3. The zero-order valence-corrected chi connectivity index (χ0v) is 16.9. The lowest BCUT2D eigenvalue weighted by Gasteiger charge is -2.20. The lowest BCUT2D eigenvalue weighted by atomic mass is 10.1. The molecule has 10 heteroatoms. The smallest absolute Gasteiger partial charge is 0.406 e. The van der Waals surface area contributed by atoms with Gasteiger partial charge in [0.2, 0.25) is 5.95 Å². The highest BCUT2D eigenvalue weighted by Crippen LogP contribution is 2.28. The molecule has 3 rings (SSSR count). The highest BCUT2D eigenvalue weighted by molar-refractivity contribution is 5.67. The van der Waals surface area contributed by atoms with Gasteiger partial charge in [0.05, 0.1) is 18.3 Å². The van der Waals surface area contributed by atoms with Crippen LogP contribution in [0.25, 0.3) is 11.3 Å². The SMILES string of the molecule is CC(C)[C@H](CO)Nc1nc(Nc2cccc(OC(F)(F)F)c2)cc(-c2cccnc2)n1. The summed E-state index contributed by atoms with van der Waals surface area (Å²) in [6.45, 7) is 3.78. The summed E-state index contributed by atoms with van der Waals surface area (Å²) in [5.74, 6) is 0.376. The van der Waals surface area contributed by atoms with Gasteiger partial charge in [0.15, 0.2) is 0 Å². The quantitative estimate of drug-likeness (QED) is 0.478. The standard InChI is InChI=1S/C21H22F3N5O2/c1-13(2)18(12-30)28-20-27-17(14-5-4-8-25-11-14)10-19(29-20)26-15-6-3-7-16(9-15)31-21(22,23)24/h3-11,13,18,30H,12H2,1-2H3,(H2,26,27,28,29)/t18-/m0/s1. The molecule has 2 aromatic heterocycles. The van der Waals surface area contributed by atoms with E-state index in [0.29, 0.717) is 17.2 Å². The number of nitrogens with zero attached hydrogens (tertiary/aromatic N) is 3. The first kappa shape index (κ1) is 22.3. The van der Waals surface area contributed by atoms with Crippen LogP contribution in [-0.2, 0) is 0 Å². The summed E-state index contributed by atoms with van der Waals surface area (Å²) in [7, 11) is 0. The highest BCUT2D eigenvalue weighted by Gasteiger charge is 2.31. The van der Waals surface area contributed by atoms with Crippen molar-refractivity contribution in [2.45, 2.75) is 26.3 Å². The zero-order chi connectivity index (χ0) is 22.4. The second kappa shape index (κ2) is 9.61. The van der Waals surface area contributed by atoms with E-state index in [1.807, 2.05) is 19.9 Å². The van der Waals surface area contributed by atoms with Crippen LogP contribution in [0.4, 0.5) is 30.6 Å². The molecule has 0 spiro atoms. The first-order valence-electron chi connectivity index (χ1n) is 9.53. The number of aliphatic hydroxyl groups excluding tert-OH is 1. The maximum Gasteiger partial charge on any atom is 0.573 e. The van der Waals surface area contributed by atoms with E-state index < -0.39 is 6.36 Å². The topological polar surface area (TPSA) is 92.2 Å². The van der Waals surface area contributed by atoms with Crippen LogP contribution in [0.1, 0.15) is 13.8 Å². The first-order chi connectivity index (χ1) is 14.7. The van der Waals surface area contributed by atoms with Gasteiger partial charge < -0.3 is 20.5 Å². The number of aromatic nitrogens is 3. The van der Waals surface area contributed by atoms with E-state index in [9.17, 15) is 18.3 Å². The number of pyridine rings is 1. The largest absolute Gasteiger partial charge is 0.573 e. The lowest BCUT2D eigenvalue weighted by molar-refractivity contribution is -0.274. The van der Waals surface area contributed by atoms with Crippen molar-refractivity contribution in [1.29, 1.82) is 0 Å². The van der Waals surface area contributed by atoms with Crippen molar-refractivity contribution < 1.29 is 23.0 Å². The van der Waals surface area contributed by atoms with Crippen molar-refractivity contribution in [3.63, 3.8) is 0 Å². The molecule has 3 aromatic rings. The Bertz CT molecular complexity index is 1000. The maximum absolute atomic E-state index is 12.5. The molecule has 0 radical (unpaired) electrons. The van der Waals surface area contributed by atoms with Gasteiger partial charge in [-0.2, -0.15) is 4.98 Å². The van der Waals surface area contributed by atoms with E-state index in [0.717, 1.165) is 5.56 Å². The summed E-state index contributed by atoms with van der Waals surface area (Å²) in [6.07, 6.45) is -1.51. The van der Waals surface area contributed by atoms with Gasteiger partial charge >= 0.3 is 6.36 Å². The Hall–Kier alpha value is -3.40. The third-order valence-electron chi connectivity index (χ3n) is 4.34. The minimum Gasteiger partial charge on any atom is -0.406 e. The average molecular weight is 433 g/mol. The fraction of sp³-hybridized carbons (Fsp3) is 0.286. The minimum atomic E-state index is -4.78. The Labute approximate surface area is 177 Å². The van der Waals surface area contributed by atoms with Gasteiger partial charge in [0.1, 0.15) is 11.6 Å². The number of benzene rings is 1. The fourth-order valence-electron chi connectivity index (χ4n) is 2.75. The number of aliphatic hydroxyl groups is 1. The molecule has 0 aliphatic heterocycles. The molecule has 0 saturated carbocycles. The van der Waals surface area contributed by atoms with E-state index in [2.05, 4.69) is 30.3 Å². The second-order valence-electron chi connectivity index (χ2n) is 7.08. The van der Waals surface area contributed by atoms with Gasteiger partial charge in [-0.05, 0) is 30.2 Å². The van der Waals surface area contributed by atoms with Gasteiger partial charge in [-0.15, -0.1) is 13.2 Å². The van der Waals surface area contributed by atoms with Gasteiger partial charge in [-0.25, -0.2) is 4.98 Å². The van der Waals surface area contributed by atoms with E-state index in [1.165, 1.54) is 18.2 Å². The second-order valence-corrected chi connectivity index (χ2v) is 7.08. The lowest BCUT2D eigenvalue weighted by Crippen LogP contribution is -2.30. The number of anilines is 3. The number of rotatable bonds is 8. The molecule has 2 heterocycles. The Balaban J connectivity index is 1.93. The monoisotopic (exact) mass is 433 g/mol. The molecule has 0 saturated heterocycles. The Morgan fingerprint density at radius 2 is 1.90 bits per heavy atom. The van der Waals surface area contributed by atoms with Crippen molar-refractivity contribution in [3.05, 3.63) is 54.9 Å². The summed E-state index contributed by atoms with van der Waals surface area (Å²) in [5, 5.41) is 15.7. The third kappa shape index (κ3) is 6.54. The Morgan fingerprint density at radius 1 is 1.10 bits per heavy atom. The van der Waals surface area contributed by atoms with Crippen molar-refractivity contribution in [1.82, 2.24) is 15.0 Å². The van der Waals surface area contributed by atoms with E-state index in [1.54, 1.807) is 30.6 Å². The number of alkyl halides is 3. The number of hydrogen-bond donors (Lipinski definition) is 3. The average Bonchev–Trinajstić information content (AvgIpc) is 2.71. The van der Waals surface area contributed by atoms with Crippen LogP contribution in [0.3, 0.4) is 0 Å². The Morgan fingerprint density at radius 3 is 2.55 bits per heavy atom. The van der Waals surface area contributed by atoms with Crippen LogP contribution in [-0.4, -0.2) is 39.1 Å². The predicted octanol–water partition coefficient (Wildman–Crippen LogP) is 4.61. The van der Waals surface area contributed by atoms with Gasteiger partial charge in [-0.3, -0.25) is 4.98 Å². The van der Waals surface area contributed by atoms with Crippen molar-refractivity contribution in [3.8, 4) is 17.0 Å². The molecule has 0 bridgehead atoms. The van der Waals surface area contributed by atoms with Gasteiger partial charge in [0.25, 0.3) is 0 Å². The highest BCUT2D eigenvalue weighted by atomic mass is 19.4. The summed E-state index contributed by atoms with van der Waals surface area (Å²) in [6, 6.07) is 10.4. The van der Waals surface area contributed by atoms with Crippen LogP contribution in [0.2, 0.25) is 0 Å². The first-order valence-corrected chi connectivity index (χ1v) is 9.53. The van der Waals surface area contributed by atoms with Crippen molar-refractivity contribution >= 4 is 17.5 Å². The summed E-state index contributed by atoms with van der Waals surface area (Å²) in [4.78, 5) is 13.0. The van der Waals surface area contributed by atoms with Crippen LogP contribution in [0.5, 0.6) is 5.75 Å². The number of hydrogen-bond acceptors (Lipinski definition) is 7. The van der Waals surface area contributed by atoms with Crippen LogP contribution >= 0.6 is 0 Å². The Kier molecular flexibility index (Phi) is 6.91. The number of ether oxygens (including phenoxy) is 1. The fourth-order valence-corrected chi connectivity index (χ4v) is 2.75. The normalized spacial score (nSPS) is 12.5. The molecule has 31 heavy (non-hydrogen) atoms. The molecule has 164 valence electrons. The molecule has 0 fully saturated rings. The van der Waals surface area contributed by atoms with E-state index >= 15 is 0 Å². The molecule has 1 aromatic carbocycles. The van der Waals surface area contributed by atoms with E-state index in [4.69, 9.17) is 0 Å². The molecule has 0 amide bonds. The number of nitrogens with one attached hydrogen (secondary N) is 2. The minimum absolute atomic E-state index is 0.113. The van der Waals surface area contributed by atoms with Gasteiger partial charge in [-0.1, -0.05) is 19.9 Å².